The number of nitrogens with zero attached hydrogens (tertiary/aromatic N) is 1. The van der Waals surface area contributed by atoms with Crippen LogP contribution in [0, 0.1) is 17.3 Å². The van der Waals surface area contributed by atoms with Crippen LogP contribution < -0.4 is 4.74 Å². The van der Waals surface area contributed by atoms with E-state index in [0.717, 1.165) is 30.4 Å². The molecule has 3 nitrogen and oxygen atoms in total. The van der Waals surface area contributed by atoms with Gasteiger partial charge in [-0.15, -0.1) is 11.3 Å². The van der Waals surface area contributed by atoms with Crippen molar-refractivity contribution in [3.8, 4) is 5.06 Å². The fourth-order valence-corrected chi connectivity index (χ4v) is 5.41. The summed E-state index contributed by atoms with van der Waals surface area (Å²) in [6.07, 6.45) is 6.99. The number of thiophene rings is 1. The predicted octanol–water partition coefficient (Wildman–Crippen LogP) is 3.56. The van der Waals surface area contributed by atoms with Crippen molar-refractivity contribution >= 4 is 17.3 Å². The number of rotatable bonds is 3. The molecule has 0 N–H and O–H groups in total. The molecule has 1 aromatic heterocycles. The largest absolute Gasteiger partial charge is 0.415 e. The van der Waals surface area contributed by atoms with Gasteiger partial charge >= 0.3 is 5.97 Å². The Labute approximate surface area is 130 Å². The Morgan fingerprint density at radius 3 is 2.62 bits per heavy atom. The Hall–Kier alpha value is -0.870. The first-order valence-corrected chi connectivity index (χ1v) is 9.14. The molecule has 3 aliphatic heterocycles. The molecule has 1 aliphatic carbocycles. The molecule has 4 fully saturated rings. The molecule has 1 saturated carbocycles. The zero-order valence-electron chi connectivity index (χ0n) is 12.4. The van der Waals surface area contributed by atoms with E-state index in [1.54, 1.807) is 0 Å². The number of carbonyl (C=O) groups is 1. The van der Waals surface area contributed by atoms with Crippen LogP contribution >= 0.6 is 11.3 Å². The lowest BCUT2D eigenvalue weighted by Crippen LogP contribution is -2.55. The van der Waals surface area contributed by atoms with Gasteiger partial charge in [0.25, 0.3) is 0 Å². The highest BCUT2D eigenvalue weighted by atomic mass is 32.1. The van der Waals surface area contributed by atoms with Gasteiger partial charge in [-0.05, 0) is 68.1 Å². The summed E-state index contributed by atoms with van der Waals surface area (Å²) in [5.41, 5.74) is -0.201. The van der Waals surface area contributed by atoms with Gasteiger partial charge in [0.2, 0.25) is 0 Å². The van der Waals surface area contributed by atoms with Gasteiger partial charge < -0.3 is 9.64 Å². The molecule has 5 rings (SSSR count). The van der Waals surface area contributed by atoms with Crippen LogP contribution in [-0.2, 0) is 4.79 Å². The summed E-state index contributed by atoms with van der Waals surface area (Å²) in [6, 6.07) is 3.85. The molecule has 1 unspecified atom stereocenters. The topological polar surface area (TPSA) is 29.5 Å². The van der Waals surface area contributed by atoms with E-state index < -0.39 is 0 Å². The number of ether oxygens (including phenoxy) is 1. The molecule has 4 heteroatoms. The van der Waals surface area contributed by atoms with Crippen molar-refractivity contribution in [3.63, 3.8) is 0 Å². The molecule has 1 atom stereocenters. The van der Waals surface area contributed by atoms with Gasteiger partial charge in [-0.25, -0.2) is 0 Å². The number of esters is 1. The summed E-state index contributed by atoms with van der Waals surface area (Å²) >= 11 is 1.52. The normalized spacial score (nSPS) is 34.0. The van der Waals surface area contributed by atoms with Gasteiger partial charge in [0.1, 0.15) is 0 Å². The summed E-state index contributed by atoms with van der Waals surface area (Å²) in [5.74, 6) is 1.32. The third-order valence-corrected chi connectivity index (χ3v) is 6.70. The minimum Gasteiger partial charge on any atom is -0.415 e. The quantitative estimate of drug-likeness (QED) is 0.800. The molecular weight excluding hydrogens is 282 g/mol. The average Bonchev–Trinajstić information content (AvgIpc) is 3.20. The molecule has 0 aromatic carbocycles. The van der Waals surface area contributed by atoms with Crippen molar-refractivity contribution in [3.05, 3.63) is 17.5 Å². The van der Waals surface area contributed by atoms with Crippen LogP contribution in [-0.4, -0.2) is 30.5 Å². The minimum absolute atomic E-state index is 0.0567. The fourth-order valence-electron chi connectivity index (χ4n) is 4.84. The molecule has 0 spiro atoms. The highest BCUT2D eigenvalue weighted by Gasteiger charge is 2.54. The minimum atomic E-state index is -0.201. The summed E-state index contributed by atoms with van der Waals surface area (Å²) in [7, 11) is 0. The molecule has 0 amide bonds. The number of carbonyl (C=O) groups excluding carboxylic acids is 1. The van der Waals surface area contributed by atoms with E-state index in [9.17, 15) is 4.79 Å². The Morgan fingerprint density at radius 2 is 2.05 bits per heavy atom. The van der Waals surface area contributed by atoms with Crippen molar-refractivity contribution < 1.29 is 9.53 Å². The van der Waals surface area contributed by atoms with E-state index in [-0.39, 0.29) is 11.4 Å². The van der Waals surface area contributed by atoms with Crippen molar-refractivity contribution in [1.82, 2.24) is 4.90 Å². The molecular formula is C17H23NO2S. The van der Waals surface area contributed by atoms with Crippen LogP contribution in [0.25, 0.3) is 0 Å². The van der Waals surface area contributed by atoms with E-state index in [1.807, 2.05) is 17.5 Å². The van der Waals surface area contributed by atoms with Crippen LogP contribution in [0.15, 0.2) is 17.5 Å². The van der Waals surface area contributed by atoms with E-state index in [1.165, 1.54) is 50.1 Å². The lowest BCUT2D eigenvalue weighted by Gasteiger charge is -2.50. The van der Waals surface area contributed by atoms with E-state index in [2.05, 4.69) is 4.90 Å². The Bertz CT molecular complexity index is 499. The van der Waals surface area contributed by atoms with Crippen molar-refractivity contribution in [2.45, 2.75) is 38.5 Å². The number of fused-ring (bicyclic) bond motifs is 3. The highest BCUT2D eigenvalue weighted by Crippen LogP contribution is 2.52. The van der Waals surface area contributed by atoms with Crippen molar-refractivity contribution in [2.75, 3.05) is 19.6 Å². The zero-order chi connectivity index (χ0) is 14.3. The zero-order valence-corrected chi connectivity index (χ0v) is 13.2. The molecule has 114 valence electrons. The predicted molar refractivity (Wildman–Crippen MR) is 83.5 cm³/mol. The molecule has 21 heavy (non-hydrogen) atoms. The summed E-state index contributed by atoms with van der Waals surface area (Å²) < 4.78 is 5.76. The summed E-state index contributed by atoms with van der Waals surface area (Å²) in [5, 5.41) is 2.73. The Morgan fingerprint density at radius 1 is 1.29 bits per heavy atom. The second-order valence-electron chi connectivity index (χ2n) is 6.93. The van der Waals surface area contributed by atoms with Gasteiger partial charge in [-0.2, -0.15) is 0 Å². The average molecular weight is 305 g/mol. The number of piperidine rings is 3. The molecule has 4 heterocycles. The van der Waals surface area contributed by atoms with E-state index in [0.29, 0.717) is 5.92 Å². The van der Waals surface area contributed by atoms with Gasteiger partial charge in [0, 0.05) is 6.54 Å². The monoisotopic (exact) mass is 305 g/mol. The van der Waals surface area contributed by atoms with Crippen molar-refractivity contribution in [2.24, 2.45) is 17.3 Å². The maximum absolute atomic E-state index is 13.0. The standard InChI is InChI=1S/C17H23NO2S/c19-16(20-15-4-3-11-21-15)17(7-1-2-8-17)14-12-18-9-5-13(14)6-10-18/h3-4,11,13-14H,1-2,5-10,12H2. The van der Waals surface area contributed by atoms with Crippen LogP contribution in [0.5, 0.6) is 5.06 Å². The maximum atomic E-state index is 13.0. The Kier molecular flexibility index (Phi) is 3.54. The summed E-state index contributed by atoms with van der Waals surface area (Å²) in [4.78, 5) is 15.5. The number of hydrogen-bond donors (Lipinski definition) is 0. The van der Waals surface area contributed by atoms with Crippen molar-refractivity contribution in [1.29, 1.82) is 0 Å². The lowest BCUT2D eigenvalue weighted by molar-refractivity contribution is -0.155. The summed E-state index contributed by atoms with van der Waals surface area (Å²) in [6.45, 7) is 3.58. The van der Waals surface area contributed by atoms with E-state index >= 15 is 0 Å². The SMILES string of the molecule is O=C(Oc1cccs1)C1(C2CN3CCC2CC3)CCCC1. The van der Waals surface area contributed by atoms with Gasteiger partial charge in [0.05, 0.1) is 5.41 Å². The third-order valence-electron chi connectivity index (χ3n) is 5.96. The van der Waals surface area contributed by atoms with Gasteiger partial charge in [-0.3, -0.25) is 4.79 Å². The number of hydrogen-bond acceptors (Lipinski definition) is 4. The first-order valence-electron chi connectivity index (χ1n) is 8.26. The molecule has 0 radical (unpaired) electrons. The second kappa shape index (κ2) is 5.40. The molecule has 4 aliphatic rings. The van der Waals surface area contributed by atoms with Crippen LogP contribution in [0.3, 0.4) is 0 Å². The third kappa shape index (κ3) is 2.33. The fraction of sp³-hybridized carbons (Fsp3) is 0.706. The van der Waals surface area contributed by atoms with Crippen LogP contribution in [0.2, 0.25) is 0 Å². The van der Waals surface area contributed by atoms with Crippen LogP contribution in [0.4, 0.5) is 0 Å². The van der Waals surface area contributed by atoms with E-state index in [4.69, 9.17) is 4.74 Å². The van der Waals surface area contributed by atoms with Crippen LogP contribution in [0.1, 0.15) is 38.5 Å². The Balaban J connectivity index is 1.59. The lowest BCUT2D eigenvalue weighted by atomic mass is 9.63. The second-order valence-corrected chi connectivity index (χ2v) is 7.84. The first-order chi connectivity index (χ1) is 10.3. The molecule has 3 saturated heterocycles. The first kappa shape index (κ1) is 13.8. The maximum Gasteiger partial charge on any atom is 0.318 e. The van der Waals surface area contributed by atoms with Gasteiger partial charge in [0.15, 0.2) is 5.06 Å². The molecule has 1 aromatic rings. The smallest absolute Gasteiger partial charge is 0.318 e. The molecule has 2 bridgehead atoms. The highest BCUT2D eigenvalue weighted by molar-refractivity contribution is 7.11. The van der Waals surface area contributed by atoms with Gasteiger partial charge in [-0.1, -0.05) is 12.8 Å².